The first-order valence-electron chi connectivity index (χ1n) is 9.77. The number of imidazole rings is 1. The first kappa shape index (κ1) is 17.7. The normalized spacial score (nSPS) is 20.6. The van der Waals surface area contributed by atoms with Crippen molar-refractivity contribution in [3.8, 4) is 5.75 Å². The zero-order valence-electron chi connectivity index (χ0n) is 16.0. The van der Waals surface area contributed by atoms with Gasteiger partial charge in [0.05, 0.1) is 24.9 Å². The van der Waals surface area contributed by atoms with E-state index in [2.05, 4.69) is 4.98 Å². The number of para-hydroxylation sites is 1. The molecule has 1 unspecified atom stereocenters. The number of aromatic nitrogens is 2. The molecular weight excluding hydrogens is 366 g/mol. The van der Waals surface area contributed by atoms with Crippen LogP contribution in [-0.2, 0) is 6.54 Å². The number of hydrogen-bond donors (Lipinski definition) is 0. The van der Waals surface area contributed by atoms with Gasteiger partial charge in [-0.05, 0) is 29.8 Å². The molecule has 0 radical (unpaired) electrons. The van der Waals surface area contributed by atoms with Gasteiger partial charge in [-0.3, -0.25) is 9.59 Å². The number of benzene rings is 2. The third-order valence-electron chi connectivity index (χ3n) is 5.73. The van der Waals surface area contributed by atoms with Crippen LogP contribution in [0.4, 0.5) is 0 Å². The fourth-order valence-corrected chi connectivity index (χ4v) is 4.22. The largest absolute Gasteiger partial charge is 0.484 e. The summed E-state index contributed by atoms with van der Waals surface area (Å²) in [5.41, 5.74) is 1.79. The summed E-state index contributed by atoms with van der Waals surface area (Å²) in [7, 11) is 0. The second-order valence-electron chi connectivity index (χ2n) is 7.79. The summed E-state index contributed by atoms with van der Waals surface area (Å²) in [4.78, 5) is 31.4. The summed E-state index contributed by atoms with van der Waals surface area (Å²) in [6.45, 7) is 1.74. The molecule has 0 aliphatic carbocycles. The Bertz CT molecular complexity index is 1060. The SMILES string of the molecule is O=C1CC2(CCN(C(=O)c3ccc(Cn4ccnc4)cc3)C2)Oc2ccccc21. The van der Waals surface area contributed by atoms with Crippen LogP contribution in [-0.4, -0.2) is 44.8 Å². The van der Waals surface area contributed by atoms with Crippen LogP contribution in [0.1, 0.15) is 39.1 Å². The highest BCUT2D eigenvalue weighted by Gasteiger charge is 2.46. The van der Waals surface area contributed by atoms with Gasteiger partial charge in [0.15, 0.2) is 5.78 Å². The van der Waals surface area contributed by atoms with Crippen molar-refractivity contribution >= 4 is 11.7 Å². The van der Waals surface area contributed by atoms with Crippen molar-refractivity contribution in [2.75, 3.05) is 13.1 Å². The van der Waals surface area contributed by atoms with Crippen molar-refractivity contribution in [2.24, 2.45) is 0 Å². The number of likely N-dealkylation sites (tertiary alicyclic amines) is 1. The zero-order valence-corrected chi connectivity index (χ0v) is 16.0. The highest BCUT2D eigenvalue weighted by molar-refractivity contribution is 6.00. The highest BCUT2D eigenvalue weighted by atomic mass is 16.5. The van der Waals surface area contributed by atoms with E-state index in [1.54, 1.807) is 23.5 Å². The van der Waals surface area contributed by atoms with Crippen LogP contribution in [0.2, 0.25) is 0 Å². The Kier molecular flexibility index (Phi) is 4.19. The van der Waals surface area contributed by atoms with Gasteiger partial charge in [-0.25, -0.2) is 4.98 Å². The van der Waals surface area contributed by atoms with E-state index >= 15 is 0 Å². The molecule has 2 aliphatic rings. The number of rotatable bonds is 3. The van der Waals surface area contributed by atoms with Crippen molar-refractivity contribution in [1.29, 1.82) is 0 Å². The smallest absolute Gasteiger partial charge is 0.253 e. The number of carbonyl (C=O) groups is 2. The van der Waals surface area contributed by atoms with Crippen LogP contribution in [0, 0.1) is 0 Å². The first-order chi connectivity index (χ1) is 14.1. The molecule has 6 heteroatoms. The number of hydrogen-bond acceptors (Lipinski definition) is 4. The van der Waals surface area contributed by atoms with Gasteiger partial charge >= 0.3 is 0 Å². The number of amides is 1. The van der Waals surface area contributed by atoms with Crippen molar-refractivity contribution in [2.45, 2.75) is 25.0 Å². The van der Waals surface area contributed by atoms with E-state index in [1.165, 1.54) is 0 Å². The minimum atomic E-state index is -0.609. The lowest BCUT2D eigenvalue weighted by molar-refractivity contribution is 0.0428. The highest BCUT2D eigenvalue weighted by Crippen LogP contribution is 2.38. The maximum absolute atomic E-state index is 13.0. The minimum Gasteiger partial charge on any atom is -0.484 e. The van der Waals surface area contributed by atoms with Gasteiger partial charge in [0, 0.05) is 37.5 Å². The van der Waals surface area contributed by atoms with Gasteiger partial charge in [0.25, 0.3) is 5.91 Å². The lowest BCUT2D eigenvalue weighted by atomic mass is 9.89. The number of Topliss-reactive ketones (excluding diaryl/α,β-unsaturated/α-hetero) is 1. The Hall–Kier alpha value is -3.41. The molecule has 1 saturated heterocycles. The molecule has 0 saturated carbocycles. The predicted octanol–water partition coefficient (Wildman–Crippen LogP) is 3.18. The lowest BCUT2D eigenvalue weighted by Crippen LogP contribution is -2.45. The number of fused-ring (bicyclic) bond motifs is 1. The Morgan fingerprint density at radius 1 is 1.14 bits per heavy atom. The summed E-state index contributed by atoms with van der Waals surface area (Å²) in [5.74, 6) is 0.692. The van der Waals surface area contributed by atoms with Crippen molar-refractivity contribution in [3.05, 3.63) is 83.9 Å². The van der Waals surface area contributed by atoms with Crippen LogP contribution in [0.15, 0.2) is 67.3 Å². The Morgan fingerprint density at radius 3 is 2.76 bits per heavy atom. The third-order valence-corrected chi connectivity index (χ3v) is 5.73. The molecule has 29 heavy (non-hydrogen) atoms. The molecule has 146 valence electrons. The minimum absolute atomic E-state index is 0.0223. The summed E-state index contributed by atoms with van der Waals surface area (Å²) >= 11 is 0. The Labute approximate surface area is 168 Å². The molecule has 3 heterocycles. The summed E-state index contributed by atoms with van der Waals surface area (Å²) in [5, 5.41) is 0. The topological polar surface area (TPSA) is 64.4 Å². The maximum atomic E-state index is 13.0. The summed E-state index contributed by atoms with van der Waals surface area (Å²) < 4.78 is 8.20. The van der Waals surface area contributed by atoms with Crippen LogP contribution < -0.4 is 4.74 Å². The molecule has 5 rings (SSSR count). The van der Waals surface area contributed by atoms with E-state index in [9.17, 15) is 9.59 Å². The second-order valence-corrected chi connectivity index (χ2v) is 7.79. The molecule has 0 bridgehead atoms. The molecule has 2 aliphatic heterocycles. The first-order valence-corrected chi connectivity index (χ1v) is 9.77. The molecule has 1 atom stereocenters. The zero-order chi connectivity index (χ0) is 19.8. The van der Waals surface area contributed by atoms with Crippen LogP contribution in [0.5, 0.6) is 5.75 Å². The third kappa shape index (κ3) is 3.31. The Morgan fingerprint density at radius 2 is 1.97 bits per heavy atom. The second kappa shape index (κ2) is 6.88. The van der Waals surface area contributed by atoms with Gasteiger partial charge in [-0.2, -0.15) is 0 Å². The number of carbonyl (C=O) groups excluding carboxylic acids is 2. The number of ether oxygens (including phenoxy) is 1. The Balaban J connectivity index is 1.29. The molecule has 1 aromatic heterocycles. The monoisotopic (exact) mass is 387 g/mol. The van der Waals surface area contributed by atoms with Crippen molar-refractivity contribution in [3.63, 3.8) is 0 Å². The molecule has 2 aromatic carbocycles. The van der Waals surface area contributed by atoms with Crippen LogP contribution in [0.3, 0.4) is 0 Å². The van der Waals surface area contributed by atoms with Gasteiger partial charge in [0.1, 0.15) is 11.4 Å². The molecule has 1 spiro atoms. The average molecular weight is 387 g/mol. The average Bonchev–Trinajstić information content (AvgIpc) is 3.38. The number of nitrogens with zero attached hydrogens (tertiary/aromatic N) is 3. The van der Waals surface area contributed by atoms with E-state index in [0.717, 1.165) is 12.1 Å². The molecule has 3 aromatic rings. The fourth-order valence-electron chi connectivity index (χ4n) is 4.22. The van der Waals surface area contributed by atoms with Gasteiger partial charge in [-0.1, -0.05) is 24.3 Å². The predicted molar refractivity (Wildman–Crippen MR) is 107 cm³/mol. The van der Waals surface area contributed by atoms with E-state index in [1.807, 2.05) is 53.2 Å². The molecule has 0 N–H and O–H groups in total. The van der Waals surface area contributed by atoms with Crippen LogP contribution in [0.25, 0.3) is 0 Å². The molecule has 6 nitrogen and oxygen atoms in total. The van der Waals surface area contributed by atoms with E-state index < -0.39 is 5.60 Å². The maximum Gasteiger partial charge on any atom is 0.253 e. The van der Waals surface area contributed by atoms with Gasteiger partial charge < -0.3 is 14.2 Å². The number of ketones is 1. The molecular formula is C23H21N3O3. The standard InChI is InChI=1S/C23H21N3O3/c27-20-13-23(29-21-4-2-1-3-19(20)21)9-11-26(15-23)22(28)18-7-5-17(6-8-18)14-25-12-10-24-16-25/h1-8,10,12,16H,9,11,13-15H2. The lowest BCUT2D eigenvalue weighted by Gasteiger charge is -2.34. The molecule has 1 amide bonds. The quantitative estimate of drug-likeness (QED) is 0.692. The van der Waals surface area contributed by atoms with Gasteiger partial charge in [0.2, 0.25) is 0 Å². The van der Waals surface area contributed by atoms with E-state index in [0.29, 0.717) is 42.8 Å². The van der Waals surface area contributed by atoms with E-state index in [-0.39, 0.29) is 11.7 Å². The van der Waals surface area contributed by atoms with Gasteiger partial charge in [-0.15, -0.1) is 0 Å². The van der Waals surface area contributed by atoms with E-state index in [4.69, 9.17) is 4.74 Å². The van der Waals surface area contributed by atoms with Crippen LogP contribution >= 0.6 is 0 Å². The summed E-state index contributed by atoms with van der Waals surface area (Å²) in [6.07, 6.45) is 6.41. The molecule has 1 fully saturated rings. The van der Waals surface area contributed by atoms with Crippen molar-refractivity contribution in [1.82, 2.24) is 14.5 Å². The summed E-state index contributed by atoms with van der Waals surface area (Å²) in [6, 6.07) is 15.0. The fraction of sp³-hybridized carbons (Fsp3) is 0.261. The van der Waals surface area contributed by atoms with Crippen molar-refractivity contribution < 1.29 is 14.3 Å².